The third-order valence-electron chi connectivity index (χ3n) is 6.29. The number of ether oxygens (including phenoxy) is 1. The van der Waals surface area contributed by atoms with Gasteiger partial charge in [0.15, 0.2) is 12.8 Å². The summed E-state index contributed by atoms with van der Waals surface area (Å²) in [4.78, 5) is 14.8. The molecule has 1 aliphatic heterocycles. The maximum atomic E-state index is 13.1. The Morgan fingerprint density at radius 1 is 1.11 bits per heavy atom. The summed E-state index contributed by atoms with van der Waals surface area (Å²) in [5, 5.41) is 3.54. The number of benzene rings is 2. The Labute approximate surface area is 222 Å². The number of amides is 1. The van der Waals surface area contributed by atoms with E-state index in [0.29, 0.717) is 0 Å². The van der Waals surface area contributed by atoms with Crippen LogP contribution in [0.15, 0.2) is 71.6 Å². The zero-order valence-electron chi connectivity index (χ0n) is 21.1. The molecule has 35 heavy (non-hydrogen) atoms. The van der Waals surface area contributed by atoms with Crippen molar-refractivity contribution in [1.29, 1.82) is 0 Å². The number of carbonyl (C=O) groups excluding carboxylic acids is 1. The van der Waals surface area contributed by atoms with E-state index in [1.165, 1.54) is 16.8 Å². The summed E-state index contributed by atoms with van der Waals surface area (Å²) in [6.07, 6.45) is 7.76. The Hall–Kier alpha value is -2.61. The summed E-state index contributed by atoms with van der Waals surface area (Å²) in [5.74, 6) is 0. The third kappa shape index (κ3) is 6.15. The molecule has 0 unspecified atom stereocenters. The number of rotatable bonds is 6. The highest BCUT2D eigenvalue weighted by atomic mass is 127. The van der Waals surface area contributed by atoms with E-state index in [1.807, 2.05) is 27.8 Å². The molecule has 2 aromatic carbocycles. The van der Waals surface area contributed by atoms with Crippen LogP contribution in [-0.2, 0) is 17.6 Å². The highest BCUT2D eigenvalue weighted by Crippen LogP contribution is 2.35. The van der Waals surface area contributed by atoms with Gasteiger partial charge in [-0.3, -0.25) is 4.90 Å². The highest BCUT2D eigenvalue weighted by molar-refractivity contribution is 14.1. The molecule has 1 amide bonds. The number of aryl methyl sites for hydroxylation is 1. The van der Waals surface area contributed by atoms with Crippen molar-refractivity contribution in [3.63, 3.8) is 0 Å². The molecular weight excluding hydrogens is 549 g/mol. The summed E-state index contributed by atoms with van der Waals surface area (Å²) in [6.45, 7) is 6.65. The maximum absolute atomic E-state index is 13.1. The van der Waals surface area contributed by atoms with Crippen LogP contribution in [0.2, 0.25) is 0 Å². The first-order chi connectivity index (χ1) is 16.8. The van der Waals surface area contributed by atoms with Crippen LogP contribution in [0.4, 0.5) is 16.2 Å². The van der Waals surface area contributed by atoms with Crippen LogP contribution in [-0.4, -0.2) is 45.4 Å². The van der Waals surface area contributed by atoms with Crippen LogP contribution in [0.25, 0.3) is 0 Å². The van der Waals surface area contributed by atoms with Gasteiger partial charge in [0.2, 0.25) is 5.69 Å². The van der Waals surface area contributed by atoms with Crippen molar-refractivity contribution in [3.8, 4) is 0 Å². The van der Waals surface area contributed by atoms with Crippen molar-refractivity contribution in [2.45, 2.75) is 52.1 Å². The molecule has 0 saturated carbocycles. The topological polar surface area (TPSA) is 44.6 Å². The fourth-order valence-corrected chi connectivity index (χ4v) is 5.24. The largest absolute Gasteiger partial charge is 0.443 e. The Kier molecular flexibility index (Phi) is 7.99. The van der Waals surface area contributed by atoms with Crippen molar-refractivity contribution in [2.24, 2.45) is 0 Å². The number of para-hydroxylation sites is 2. The Morgan fingerprint density at radius 3 is 2.63 bits per heavy atom. The molecule has 4 rings (SSSR count). The summed E-state index contributed by atoms with van der Waals surface area (Å²) in [6, 6.07) is 17.0. The van der Waals surface area contributed by atoms with Crippen LogP contribution in [0.1, 0.15) is 44.7 Å². The molecule has 2 aromatic rings. The number of nitrogens with one attached hydrogen (secondary N) is 1. The van der Waals surface area contributed by atoms with E-state index in [4.69, 9.17) is 4.74 Å². The molecule has 1 aliphatic carbocycles. The van der Waals surface area contributed by atoms with Gasteiger partial charge >= 0.3 is 6.09 Å². The number of carbonyl (C=O) groups is 1. The van der Waals surface area contributed by atoms with E-state index < -0.39 is 5.60 Å². The van der Waals surface area contributed by atoms with Gasteiger partial charge in [-0.05, 0) is 57.2 Å². The minimum absolute atomic E-state index is 0.335. The number of alkyl halides is 1. The van der Waals surface area contributed by atoms with Crippen LogP contribution in [0, 0.1) is 0 Å². The Morgan fingerprint density at radius 2 is 1.86 bits per heavy atom. The maximum Gasteiger partial charge on any atom is 0.414 e. The summed E-state index contributed by atoms with van der Waals surface area (Å²) in [7, 11) is 1.82. The van der Waals surface area contributed by atoms with Gasteiger partial charge in [0.25, 0.3) is 0 Å². The molecule has 1 N–H and O–H groups in total. The van der Waals surface area contributed by atoms with Crippen molar-refractivity contribution in [2.75, 3.05) is 23.3 Å². The SMILES string of the molecule is CN(C(=O)OC(C)(C)C)C1=C(C=[N+]2CCc3ccccc32)CC/C1=C\Nc1ccccc1CCI. The zero-order chi connectivity index (χ0) is 25.0. The van der Waals surface area contributed by atoms with E-state index in [0.717, 1.165) is 59.2 Å². The van der Waals surface area contributed by atoms with Crippen LogP contribution in [0.5, 0.6) is 0 Å². The van der Waals surface area contributed by atoms with Crippen LogP contribution >= 0.6 is 22.6 Å². The summed E-state index contributed by atoms with van der Waals surface area (Å²) in [5.41, 5.74) is 7.68. The quantitative estimate of drug-likeness (QED) is 0.230. The van der Waals surface area contributed by atoms with E-state index in [2.05, 4.69) is 93.4 Å². The highest BCUT2D eigenvalue weighted by Gasteiger charge is 2.31. The minimum atomic E-state index is -0.553. The molecule has 184 valence electrons. The van der Waals surface area contributed by atoms with Crippen LogP contribution < -0.4 is 5.32 Å². The lowest BCUT2D eigenvalue weighted by Crippen LogP contribution is -2.34. The molecule has 0 bridgehead atoms. The third-order valence-corrected chi connectivity index (χ3v) is 6.83. The van der Waals surface area contributed by atoms with Gasteiger partial charge < -0.3 is 10.1 Å². The Balaban J connectivity index is 1.70. The summed E-state index contributed by atoms with van der Waals surface area (Å²) < 4.78 is 9.11. The smallest absolute Gasteiger partial charge is 0.414 e. The lowest BCUT2D eigenvalue weighted by Gasteiger charge is -2.26. The molecule has 0 radical (unpaired) electrons. The number of hydrogen-bond acceptors (Lipinski definition) is 3. The normalized spacial score (nSPS) is 17.7. The number of anilines is 1. The monoisotopic (exact) mass is 584 g/mol. The predicted molar refractivity (Wildman–Crippen MR) is 152 cm³/mol. The number of nitrogens with zero attached hydrogens (tertiary/aromatic N) is 2. The molecule has 0 aromatic heterocycles. The molecule has 0 atom stereocenters. The Bertz CT molecular complexity index is 1190. The first-order valence-corrected chi connectivity index (χ1v) is 13.8. The second kappa shape index (κ2) is 11.0. The second-order valence-corrected chi connectivity index (χ2v) is 11.1. The van der Waals surface area contributed by atoms with Crippen LogP contribution in [0.3, 0.4) is 0 Å². The van der Waals surface area contributed by atoms with Gasteiger partial charge in [0, 0.05) is 47.0 Å². The van der Waals surface area contributed by atoms with Gasteiger partial charge in [-0.25, -0.2) is 4.79 Å². The fourth-order valence-electron chi connectivity index (χ4n) is 4.66. The number of likely N-dealkylation sites (N-methyl/N-ethyl adjacent to an activating group) is 1. The predicted octanol–water partition coefficient (Wildman–Crippen LogP) is 6.85. The molecule has 1 heterocycles. The molecule has 6 heteroatoms. The summed E-state index contributed by atoms with van der Waals surface area (Å²) >= 11 is 2.41. The van der Waals surface area contributed by atoms with Crippen molar-refractivity contribution in [3.05, 3.63) is 82.7 Å². The number of halogens is 1. The van der Waals surface area contributed by atoms with E-state index >= 15 is 0 Å². The van der Waals surface area contributed by atoms with E-state index in [9.17, 15) is 4.79 Å². The number of hydrogen-bond donors (Lipinski definition) is 1. The average Bonchev–Trinajstić information content (AvgIpc) is 3.41. The first-order valence-electron chi connectivity index (χ1n) is 12.3. The standard InChI is InChI=1S/C29H34IN3O2/c1-29(2,3)35-28(34)32(4)27-23(19-31-25-11-7-5-9-21(25)15-17-30)13-14-24(27)20-33-18-16-22-10-6-8-12-26(22)33/h5-12,19-20H,13-18H2,1-4H3/p+1. The van der Waals surface area contributed by atoms with Gasteiger partial charge in [-0.15, -0.1) is 0 Å². The van der Waals surface area contributed by atoms with Gasteiger partial charge in [-0.1, -0.05) is 59.0 Å². The van der Waals surface area contributed by atoms with Crippen molar-refractivity contribution in [1.82, 2.24) is 4.90 Å². The molecular formula is C29H35IN3O2+. The zero-order valence-corrected chi connectivity index (χ0v) is 23.3. The molecule has 0 spiro atoms. The first kappa shape index (κ1) is 25.5. The van der Waals surface area contributed by atoms with E-state index in [-0.39, 0.29) is 6.09 Å². The average molecular weight is 585 g/mol. The number of fused-ring (bicyclic) bond motifs is 1. The van der Waals surface area contributed by atoms with E-state index in [1.54, 1.807) is 4.90 Å². The van der Waals surface area contributed by atoms with Gasteiger partial charge in [-0.2, -0.15) is 4.58 Å². The van der Waals surface area contributed by atoms with Crippen molar-refractivity contribution >= 4 is 46.3 Å². The molecule has 0 saturated heterocycles. The lowest BCUT2D eigenvalue weighted by molar-refractivity contribution is -0.423. The molecule has 2 aliphatic rings. The van der Waals surface area contributed by atoms with Gasteiger partial charge in [0.1, 0.15) is 5.60 Å². The minimum Gasteiger partial charge on any atom is -0.443 e. The van der Waals surface area contributed by atoms with Gasteiger partial charge in [0.05, 0.1) is 5.70 Å². The lowest BCUT2D eigenvalue weighted by atomic mass is 10.1. The fraction of sp³-hybridized carbons (Fsp3) is 0.379. The van der Waals surface area contributed by atoms with Crippen molar-refractivity contribution < 1.29 is 14.1 Å². The number of allylic oxidation sites excluding steroid dienone is 2. The molecule has 0 fully saturated rings. The second-order valence-electron chi connectivity index (χ2n) is 10.0. The molecule has 5 nitrogen and oxygen atoms in total.